The van der Waals surface area contributed by atoms with Gasteiger partial charge in [0.2, 0.25) is 5.91 Å². The fourth-order valence-corrected chi connectivity index (χ4v) is 1.90. The lowest BCUT2D eigenvalue weighted by Gasteiger charge is -2.19. The average molecular weight is 240 g/mol. The van der Waals surface area contributed by atoms with Crippen LogP contribution in [0.1, 0.15) is 45.4 Å². The Balaban J connectivity index is 3.78. The van der Waals surface area contributed by atoms with E-state index < -0.39 is 0 Å². The lowest BCUT2D eigenvalue weighted by molar-refractivity contribution is -0.130. The monoisotopic (exact) mass is 240 g/mol. The normalized spacial score (nSPS) is 12.2. The maximum atomic E-state index is 11.8. The van der Waals surface area contributed by atoms with Crippen LogP contribution < -0.4 is 5.73 Å². The zero-order valence-electron chi connectivity index (χ0n) is 11.5. The summed E-state index contributed by atoms with van der Waals surface area (Å²) < 4.78 is 0. The molecule has 0 rings (SSSR count). The third-order valence-electron chi connectivity index (χ3n) is 3.25. The van der Waals surface area contributed by atoms with Crippen molar-refractivity contribution in [2.45, 2.75) is 45.4 Å². The molecule has 0 aliphatic carbocycles. The molecule has 0 fully saturated rings. The molecule has 0 bridgehead atoms. The topological polar surface area (TPSA) is 46.3 Å². The largest absolute Gasteiger partial charge is 0.346 e. The molecule has 0 aromatic heterocycles. The Hall–Kier alpha value is -0.830. The lowest BCUT2D eigenvalue weighted by atomic mass is 9.96. The summed E-state index contributed by atoms with van der Waals surface area (Å²) in [4.78, 5) is 13.7. The van der Waals surface area contributed by atoms with Crippen LogP contribution in [0.5, 0.6) is 0 Å². The summed E-state index contributed by atoms with van der Waals surface area (Å²) in [5.41, 5.74) is 5.55. The van der Waals surface area contributed by atoms with E-state index in [1.54, 1.807) is 0 Å². The smallest absolute Gasteiger partial charge is 0.222 e. The molecule has 0 heterocycles. The number of nitrogens with two attached hydrogens (primary N) is 1. The van der Waals surface area contributed by atoms with E-state index >= 15 is 0 Å². The summed E-state index contributed by atoms with van der Waals surface area (Å²) in [5.74, 6) is 0.857. The van der Waals surface area contributed by atoms with E-state index in [4.69, 9.17) is 5.73 Å². The number of hydrogen-bond acceptors (Lipinski definition) is 2. The van der Waals surface area contributed by atoms with Gasteiger partial charge < -0.3 is 10.6 Å². The van der Waals surface area contributed by atoms with Crippen molar-refractivity contribution in [3.63, 3.8) is 0 Å². The molecule has 3 heteroatoms. The highest BCUT2D eigenvalue weighted by Gasteiger charge is 2.11. The Morgan fingerprint density at radius 1 is 1.47 bits per heavy atom. The molecular formula is C14H28N2O. The van der Waals surface area contributed by atoms with Crippen LogP contribution in [0.2, 0.25) is 0 Å². The molecule has 0 saturated carbocycles. The van der Waals surface area contributed by atoms with Gasteiger partial charge in [0.1, 0.15) is 0 Å². The Morgan fingerprint density at radius 3 is 2.71 bits per heavy atom. The maximum absolute atomic E-state index is 11.8. The number of allylic oxidation sites excluding steroid dienone is 1. The Labute approximate surface area is 106 Å². The highest BCUT2D eigenvalue weighted by atomic mass is 16.2. The van der Waals surface area contributed by atoms with Crippen molar-refractivity contribution in [3.8, 4) is 0 Å². The van der Waals surface area contributed by atoms with Gasteiger partial charge in [0, 0.05) is 20.0 Å². The first-order chi connectivity index (χ1) is 8.15. The Kier molecular flexibility index (Phi) is 9.83. The van der Waals surface area contributed by atoms with Crippen molar-refractivity contribution in [2.24, 2.45) is 11.7 Å². The van der Waals surface area contributed by atoms with Crippen molar-refractivity contribution in [1.29, 1.82) is 0 Å². The van der Waals surface area contributed by atoms with Gasteiger partial charge in [-0.2, -0.15) is 0 Å². The molecule has 17 heavy (non-hydrogen) atoms. The van der Waals surface area contributed by atoms with E-state index in [-0.39, 0.29) is 5.91 Å². The second-order valence-electron chi connectivity index (χ2n) is 4.64. The molecule has 0 radical (unpaired) electrons. The number of nitrogens with zero attached hydrogens (tertiary/aromatic N) is 1. The van der Waals surface area contributed by atoms with E-state index in [0.29, 0.717) is 12.3 Å². The molecular weight excluding hydrogens is 212 g/mol. The minimum atomic E-state index is 0.254. The molecule has 2 N–H and O–H groups in total. The molecule has 0 aliphatic heterocycles. The van der Waals surface area contributed by atoms with Crippen LogP contribution in [0.25, 0.3) is 0 Å². The molecule has 1 atom stereocenters. The molecule has 3 nitrogen and oxygen atoms in total. The molecule has 0 aromatic rings. The zero-order chi connectivity index (χ0) is 13.1. The van der Waals surface area contributed by atoms with Gasteiger partial charge in [0.15, 0.2) is 0 Å². The number of rotatable bonds is 10. The summed E-state index contributed by atoms with van der Waals surface area (Å²) in [5, 5.41) is 0. The fourth-order valence-electron chi connectivity index (χ4n) is 1.90. The summed E-state index contributed by atoms with van der Waals surface area (Å²) in [7, 11) is 1.88. The van der Waals surface area contributed by atoms with Crippen LogP contribution in [0, 0.1) is 5.92 Å². The van der Waals surface area contributed by atoms with Crippen molar-refractivity contribution in [1.82, 2.24) is 4.90 Å². The second kappa shape index (κ2) is 10.3. The van der Waals surface area contributed by atoms with E-state index in [0.717, 1.165) is 45.2 Å². The quantitative estimate of drug-likeness (QED) is 0.471. The molecule has 1 amide bonds. The third-order valence-corrected chi connectivity index (χ3v) is 3.25. The summed E-state index contributed by atoms with van der Waals surface area (Å²) in [6.45, 7) is 7.40. The minimum Gasteiger partial charge on any atom is -0.346 e. The predicted octanol–water partition coefficient (Wildman–Crippen LogP) is 2.57. The minimum absolute atomic E-state index is 0.254. The van der Waals surface area contributed by atoms with Crippen molar-refractivity contribution < 1.29 is 4.79 Å². The van der Waals surface area contributed by atoms with Crippen molar-refractivity contribution in [3.05, 3.63) is 12.7 Å². The predicted molar refractivity (Wildman–Crippen MR) is 73.8 cm³/mol. The first kappa shape index (κ1) is 16.2. The highest BCUT2D eigenvalue weighted by Crippen LogP contribution is 2.15. The van der Waals surface area contributed by atoms with Crippen LogP contribution in [0.3, 0.4) is 0 Å². The van der Waals surface area contributed by atoms with Crippen LogP contribution in [0.15, 0.2) is 12.7 Å². The van der Waals surface area contributed by atoms with Crippen molar-refractivity contribution in [2.75, 3.05) is 20.1 Å². The highest BCUT2D eigenvalue weighted by molar-refractivity contribution is 5.75. The number of unbranched alkanes of at least 4 members (excludes halogenated alkanes) is 1. The maximum Gasteiger partial charge on any atom is 0.222 e. The second-order valence-corrected chi connectivity index (χ2v) is 4.64. The van der Waals surface area contributed by atoms with Gasteiger partial charge in [-0.05, 0) is 38.1 Å². The van der Waals surface area contributed by atoms with Gasteiger partial charge in [-0.1, -0.05) is 19.4 Å². The van der Waals surface area contributed by atoms with E-state index in [9.17, 15) is 4.79 Å². The third kappa shape index (κ3) is 7.97. The number of hydrogen-bond donors (Lipinski definition) is 1. The summed E-state index contributed by atoms with van der Waals surface area (Å²) >= 11 is 0. The van der Waals surface area contributed by atoms with E-state index in [2.05, 4.69) is 13.5 Å². The average Bonchev–Trinajstić information content (AvgIpc) is 2.34. The number of carbonyl (C=O) groups is 1. The molecule has 100 valence electrons. The first-order valence-electron chi connectivity index (χ1n) is 6.70. The number of carbonyl (C=O) groups excluding carboxylic acids is 1. The molecule has 1 unspecified atom stereocenters. The van der Waals surface area contributed by atoms with Crippen LogP contribution in [0.4, 0.5) is 0 Å². The summed E-state index contributed by atoms with van der Waals surface area (Å²) in [6, 6.07) is 0. The van der Waals surface area contributed by atoms with Gasteiger partial charge in [-0.3, -0.25) is 4.79 Å². The van der Waals surface area contributed by atoms with Gasteiger partial charge >= 0.3 is 0 Å². The summed E-state index contributed by atoms with van der Waals surface area (Å²) in [6.07, 6.45) is 7.65. The van der Waals surface area contributed by atoms with Crippen LogP contribution >= 0.6 is 0 Å². The number of amides is 1. The van der Waals surface area contributed by atoms with Gasteiger partial charge in [-0.15, -0.1) is 6.58 Å². The van der Waals surface area contributed by atoms with Crippen LogP contribution in [-0.2, 0) is 4.79 Å². The molecule has 0 aliphatic rings. The first-order valence-corrected chi connectivity index (χ1v) is 6.70. The Morgan fingerprint density at radius 2 is 2.18 bits per heavy atom. The standard InChI is InChI=1S/C14H28N2O/c1-4-6-7-12-16(3)14(17)9-8-13(5-2)10-11-15/h4,13H,1,5-12,15H2,2-3H3. The molecule has 0 saturated heterocycles. The van der Waals surface area contributed by atoms with E-state index in [1.807, 2.05) is 18.0 Å². The van der Waals surface area contributed by atoms with Gasteiger partial charge in [-0.25, -0.2) is 0 Å². The van der Waals surface area contributed by atoms with Crippen molar-refractivity contribution >= 4 is 5.91 Å². The van der Waals surface area contributed by atoms with E-state index in [1.165, 1.54) is 0 Å². The molecule has 0 spiro atoms. The molecule has 0 aromatic carbocycles. The fraction of sp³-hybridized carbons (Fsp3) is 0.786. The van der Waals surface area contributed by atoms with Crippen LogP contribution in [-0.4, -0.2) is 30.9 Å². The van der Waals surface area contributed by atoms with Gasteiger partial charge in [0.25, 0.3) is 0 Å². The Bertz CT molecular complexity index is 216. The zero-order valence-corrected chi connectivity index (χ0v) is 11.5. The lowest BCUT2D eigenvalue weighted by Crippen LogP contribution is -2.28. The SMILES string of the molecule is C=CCCCN(C)C(=O)CCC(CC)CCN. The van der Waals surface area contributed by atoms with Gasteiger partial charge in [0.05, 0.1) is 0 Å².